The number of nitrogens with zero attached hydrogens (tertiary/aromatic N) is 5. The van der Waals surface area contributed by atoms with Crippen molar-refractivity contribution in [3.63, 3.8) is 0 Å². The van der Waals surface area contributed by atoms with Crippen LogP contribution in [0.3, 0.4) is 0 Å². The zero-order valence-electron chi connectivity index (χ0n) is 16.9. The summed E-state index contributed by atoms with van der Waals surface area (Å²) < 4.78 is 1.73. The molecular weight excluding hydrogens is 362 g/mol. The molecule has 1 aliphatic rings. The molecule has 4 rings (SSSR count). The van der Waals surface area contributed by atoms with Crippen molar-refractivity contribution >= 4 is 16.7 Å². The van der Waals surface area contributed by atoms with Crippen molar-refractivity contribution in [3.8, 4) is 6.07 Å². The molecule has 0 bridgehead atoms. The number of aromatic nitrogens is 3. The van der Waals surface area contributed by atoms with Crippen molar-refractivity contribution in [2.45, 2.75) is 25.7 Å². The van der Waals surface area contributed by atoms with Crippen molar-refractivity contribution in [1.82, 2.24) is 19.7 Å². The minimum absolute atomic E-state index is 0.220. The number of rotatable bonds is 5. The number of fused-ring (bicyclic) bond motifs is 1. The van der Waals surface area contributed by atoms with E-state index in [-0.39, 0.29) is 5.78 Å². The molecular formula is C23H25N5O. The third-order valence-electron chi connectivity index (χ3n) is 5.66. The number of carbonyl (C=O) groups excluding carboxylic acids is 1. The Hall–Kier alpha value is -3.04. The van der Waals surface area contributed by atoms with Gasteiger partial charge in [-0.3, -0.25) is 19.4 Å². The van der Waals surface area contributed by atoms with Crippen LogP contribution in [0.4, 0.5) is 0 Å². The first kappa shape index (κ1) is 19.3. The number of likely N-dealkylation sites (tertiary alicyclic amines) is 1. The van der Waals surface area contributed by atoms with Gasteiger partial charge in [0.25, 0.3) is 0 Å². The number of carbonyl (C=O) groups is 1. The van der Waals surface area contributed by atoms with E-state index in [1.807, 2.05) is 25.4 Å². The predicted octanol–water partition coefficient (Wildman–Crippen LogP) is 3.08. The molecule has 6 heteroatoms. The Kier molecular flexibility index (Phi) is 5.41. The van der Waals surface area contributed by atoms with Crippen LogP contribution in [-0.4, -0.2) is 45.1 Å². The highest BCUT2D eigenvalue weighted by Gasteiger charge is 2.28. The average Bonchev–Trinajstić information content (AvgIpc) is 3.11. The second-order valence-electron chi connectivity index (χ2n) is 8.18. The number of ketones is 1. The normalized spacial score (nSPS) is 19.9. The number of Topliss-reactive ketones (excluding diaryl/α,β-unsaturated/α-hetero) is 1. The third-order valence-corrected chi connectivity index (χ3v) is 5.66. The van der Waals surface area contributed by atoms with E-state index in [9.17, 15) is 10.1 Å². The van der Waals surface area contributed by atoms with Crippen LogP contribution in [0.25, 0.3) is 10.9 Å². The minimum atomic E-state index is 0.220. The maximum absolute atomic E-state index is 12.6. The molecule has 0 amide bonds. The molecule has 0 aliphatic carbocycles. The lowest BCUT2D eigenvalue weighted by atomic mass is 9.83. The number of benzene rings is 1. The van der Waals surface area contributed by atoms with Crippen molar-refractivity contribution in [2.24, 2.45) is 13.0 Å². The summed E-state index contributed by atoms with van der Waals surface area (Å²) in [6.45, 7) is 4.48. The van der Waals surface area contributed by atoms with Crippen molar-refractivity contribution in [3.05, 3.63) is 59.5 Å². The van der Waals surface area contributed by atoms with Gasteiger partial charge in [0.15, 0.2) is 5.78 Å². The highest BCUT2D eigenvalue weighted by Crippen LogP contribution is 2.34. The molecule has 2 atom stereocenters. The van der Waals surface area contributed by atoms with Gasteiger partial charge >= 0.3 is 0 Å². The summed E-state index contributed by atoms with van der Waals surface area (Å²) in [6, 6.07) is 10.2. The summed E-state index contributed by atoms with van der Waals surface area (Å²) >= 11 is 0. The molecule has 0 saturated carbocycles. The molecule has 29 heavy (non-hydrogen) atoms. The number of pyridine rings is 1. The lowest BCUT2D eigenvalue weighted by Crippen LogP contribution is -2.41. The maximum Gasteiger partial charge on any atom is 0.151 e. The topological polar surface area (TPSA) is 74.8 Å². The third kappa shape index (κ3) is 4.20. The molecule has 1 saturated heterocycles. The molecule has 3 aromatic rings. The highest BCUT2D eigenvalue weighted by atomic mass is 16.1. The van der Waals surface area contributed by atoms with Gasteiger partial charge in [-0.25, -0.2) is 0 Å². The number of piperidine rings is 1. The van der Waals surface area contributed by atoms with E-state index in [2.05, 4.69) is 40.1 Å². The first-order valence-electron chi connectivity index (χ1n) is 10.0. The fraction of sp³-hybridized carbons (Fsp3) is 0.391. The lowest BCUT2D eigenvalue weighted by molar-refractivity contribution is -0.120. The van der Waals surface area contributed by atoms with Crippen LogP contribution in [0.15, 0.2) is 42.9 Å². The van der Waals surface area contributed by atoms with E-state index >= 15 is 0 Å². The number of hydrogen-bond donors (Lipinski definition) is 0. The Morgan fingerprint density at radius 3 is 2.93 bits per heavy atom. The standard InChI is InChI=1S/C23H25N5O/c1-16-8-19(21-6-5-18(10-24)23-22(21)4-3-7-25-23)14-28(12-16)15-20(29)9-17-11-26-27(2)13-17/h3-7,11,13,16,19H,8-9,12,14-15H2,1-2H3/t16-,19-/m1/s1. The summed E-state index contributed by atoms with van der Waals surface area (Å²) in [5.74, 6) is 1.05. The maximum atomic E-state index is 12.6. The summed E-state index contributed by atoms with van der Waals surface area (Å²) in [7, 11) is 1.86. The van der Waals surface area contributed by atoms with E-state index in [0.717, 1.165) is 36.0 Å². The Morgan fingerprint density at radius 1 is 1.31 bits per heavy atom. The lowest BCUT2D eigenvalue weighted by Gasteiger charge is -2.36. The Balaban J connectivity index is 1.53. The SMILES string of the molecule is C[C@@H]1C[C@@H](c2ccc(C#N)c3ncccc23)CN(CC(=O)Cc2cnn(C)c2)C1. The van der Waals surface area contributed by atoms with Crippen LogP contribution in [-0.2, 0) is 18.3 Å². The number of hydrogen-bond acceptors (Lipinski definition) is 5. The van der Waals surface area contributed by atoms with Gasteiger partial charge in [0.2, 0.25) is 0 Å². The summed E-state index contributed by atoms with van der Waals surface area (Å²) in [6.07, 6.45) is 6.89. The van der Waals surface area contributed by atoms with Crippen LogP contribution in [0.5, 0.6) is 0 Å². The van der Waals surface area contributed by atoms with Gasteiger partial charge in [0, 0.05) is 44.3 Å². The molecule has 3 heterocycles. The molecule has 1 aliphatic heterocycles. The zero-order valence-corrected chi connectivity index (χ0v) is 16.9. The number of aryl methyl sites for hydroxylation is 1. The van der Waals surface area contributed by atoms with Crippen molar-refractivity contribution in [2.75, 3.05) is 19.6 Å². The smallest absolute Gasteiger partial charge is 0.151 e. The molecule has 1 aromatic carbocycles. The Morgan fingerprint density at radius 2 is 2.17 bits per heavy atom. The minimum Gasteiger partial charge on any atom is -0.298 e. The van der Waals surface area contributed by atoms with Crippen LogP contribution in [0, 0.1) is 17.2 Å². The van der Waals surface area contributed by atoms with Crippen LogP contribution in [0.2, 0.25) is 0 Å². The highest BCUT2D eigenvalue weighted by molar-refractivity contribution is 5.87. The van der Waals surface area contributed by atoms with E-state index < -0.39 is 0 Å². The van der Waals surface area contributed by atoms with Crippen molar-refractivity contribution < 1.29 is 4.79 Å². The van der Waals surface area contributed by atoms with Gasteiger partial charge in [-0.2, -0.15) is 10.4 Å². The molecule has 0 unspecified atom stereocenters. The average molecular weight is 387 g/mol. The fourth-order valence-electron chi connectivity index (χ4n) is 4.55. The zero-order chi connectivity index (χ0) is 20.4. The molecule has 148 valence electrons. The molecule has 6 nitrogen and oxygen atoms in total. The first-order valence-corrected chi connectivity index (χ1v) is 10.0. The monoisotopic (exact) mass is 387 g/mol. The predicted molar refractivity (Wildman–Crippen MR) is 111 cm³/mol. The molecule has 2 aromatic heterocycles. The van der Waals surface area contributed by atoms with Gasteiger partial charge in [-0.1, -0.05) is 19.1 Å². The van der Waals surface area contributed by atoms with Gasteiger partial charge in [-0.05, 0) is 41.5 Å². The molecule has 1 fully saturated rings. The van der Waals surface area contributed by atoms with Gasteiger partial charge in [0.05, 0.1) is 23.8 Å². The quantitative estimate of drug-likeness (QED) is 0.673. The first-order chi connectivity index (χ1) is 14.0. The summed E-state index contributed by atoms with van der Waals surface area (Å²) in [5.41, 5.74) is 3.56. The molecule has 0 spiro atoms. The van der Waals surface area contributed by atoms with Gasteiger partial charge in [0.1, 0.15) is 6.07 Å². The molecule has 0 radical (unpaired) electrons. The van der Waals surface area contributed by atoms with Crippen LogP contribution >= 0.6 is 0 Å². The van der Waals surface area contributed by atoms with Crippen molar-refractivity contribution in [1.29, 1.82) is 5.26 Å². The van der Waals surface area contributed by atoms with E-state index in [0.29, 0.717) is 30.4 Å². The largest absolute Gasteiger partial charge is 0.298 e. The summed E-state index contributed by atoms with van der Waals surface area (Å²) in [4.78, 5) is 19.3. The van der Waals surface area contributed by atoms with E-state index in [4.69, 9.17) is 0 Å². The van der Waals surface area contributed by atoms with Crippen LogP contribution < -0.4 is 0 Å². The second-order valence-corrected chi connectivity index (χ2v) is 8.18. The second kappa shape index (κ2) is 8.14. The van der Waals surface area contributed by atoms with Gasteiger partial charge < -0.3 is 0 Å². The summed E-state index contributed by atoms with van der Waals surface area (Å²) in [5, 5.41) is 14.6. The fourth-order valence-corrected chi connectivity index (χ4v) is 4.55. The molecule has 0 N–H and O–H groups in total. The van der Waals surface area contributed by atoms with E-state index in [1.54, 1.807) is 17.1 Å². The van der Waals surface area contributed by atoms with Gasteiger partial charge in [-0.15, -0.1) is 0 Å². The van der Waals surface area contributed by atoms with E-state index in [1.165, 1.54) is 5.56 Å². The Labute approximate surface area is 170 Å². The number of nitriles is 1. The Bertz CT molecular complexity index is 1080. The van der Waals surface area contributed by atoms with Crippen LogP contribution in [0.1, 0.15) is 36.0 Å².